The van der Waals surface area contributed by atoms with Crippen LogP contribution in [0.3, 0.4) is 0 Å². The molecule has 1 atom stereocenters. The summed E-state index contributed by atoms with van der Waals surface area (Å²) in [5.41, 5.74) is 1.94. The molecule has 0 radical (unpaired) electrons. The minimum atomic E-state index is -4.20. The van der Waals surface area contributed by atoms with E-state index < -0.39 is 28.5 Å². The van der Waals surface area contributed by atoms with Crippen molar-refractivity contribution in [3.63, 3.8) is 0 Å². The van der Waals surface area contributed by atoms with Gasteiger partial charge in [0.15, 0.2) is 0 Å². The molecule has 1 unspecified atom stereocenters. The Morgan fingerprint density at radius 2 is 1.50 bits per heavy atom. The molecular formula is C36H38ClN3O5S. The summed E-state index contributed by atoms with van der Waals surface area (Å²) in [6.45, 7) is -0.462. The van der Waals surface area contributed by atoms with Crippen molar-refractivity contribution in [3.8, 4) is 5.75 Å². The van der Waals surface area contributed by atoms with Crippen molar-refractivity contribution >= 4 is 39.1 Å². The summed E-state index contributed by atoms with van der Waals surface area (Å²) in [5.74, 6) is -0.179. The van der Waals surface area contributed by atoms with Crippen molar-refractivity contribution in [1.82, 2.24) is 10.2 Å². The zero-order valence-electron chi connectivity index (χ0n) is 25.7. The molecule has 0 heterocycles. The summed E-state index contributed by atoms with van der Waals surface area (Å²) in [6.07, 6.45) is 4.10. The lowest BCUT2D eigenvalue weighted by molar-refractivity contribution is -0.140. The number of halogens is 1. The third kappa shape index (κ3) is 8.27. The number of methoxy groups -OCH3 is 1. The van der Waals surface area contributed by atoms with Gasteiger partial charge in [-0.05, 0) is 72.5 Å². The highest BCUT2D eigenvalue weighted by molar-refractivity contribution is 7.92. The minimum Gasteiger partial charge on any atom is -0.497 e. The van der Waals surface area contributed by atoms with Crippen LogP contribution in [-0.4, -0.2) is 50.9 Å². The number of para-hydroxylation sites is 1. The van der Waals surface area contributed by atoms with E-state index in [1.807, 2.05) is 48.5 Å². The SMILES string of the molecule is COc1cccc(CN(C(=O)CN(c2ccccc2)S(=O)(=O)c2ccc(Cl)cc2)C(Cc2ccccc2)C(=O)NC2CCCC2)c1. The van der Waals surface area contributed by atoms with Gasteiger partial charge in [-0.25, -0.2) is 8.42 Å². The van der Waals surface area contributed by atoms with Crippen LogP contribution in [-0.2, 0) is 32.6 Å². The predicted octanol–water partition coefficient (Wildman–Crippen LogP) is 6.24. The van der Waals surface area contributed by atoms with Crippen molar-refractivity contribution in [1.29, 1.82) is 0 Å². The number of anilines is 1. The highest BCUT2D eigenvalue weighted by Crippen LogP contribution is 2.27. The molecule has 1 fully saturated rings. The Bertz CT molecular complexity index is 1710. The summed E-state index contributed by atoms with van der Waals surface area (Å²) < 4.78 is 34.7. The van der Waals surface area contributed by atoms with Crippen molar-refractivity contribution in [2.75, 3.05) is 18.0 Å². The van der Waals surface area contributed by atoms with Crippen LogP contribution in [0.2, 0.25) is 5.02 Å². The van der Waals surface area contributed by atoms with Gasteiger partial charge in [0.2, 0.25) is 11.8 Å². The van der Waals surface area contributed by atoms with Crippen molar-refractivity contribution in [2.45, 2.75) is 55.6 Å². The molecule has 5 rings (SSSR count). The van der Waals surface area contributed by atoms with Crippen LogP contribution in [0.5, 0.6) is 5.75 Å². The third-order valence-electron chi connectivity index (χ3n) is 8.18. The first-order valence-corrected chi connectivity index (χ1v) is 17.2. The van der Waals surface area contributed by atoms with E-state index in [1.54, 1.807) is 43.5 Å². The molecule has 0 aromatic heterocycles. The number of nitrogens with zero attached hydrogens (tertiary/aromatic N) is 2. The van der Waals surface area contributed by atoms with Crippen LogP contribution in [0.25, 0.3) is 0 Å². The molecule has 0 saturated heterocycles. The minimum absolute atomic E-state index is 0.00675. The van der Waals surface area contributed by atoms with Crippen molar-refractivity contribution < 1.29 is 22.7 Å². The molecule has 10 heteroatoms. The standard InChI is InChI=1S/C36H38ClN3O5S/c1-45-32-18-10-13-28(23-32)25-39(34(24-27-11-4-2-5-12-27)36(42)38-30-14-8-9-15-30)35(41)26-40(31-16-6-3-7-17-31)46(43,44)33-21-19-29(37)20-22-33/h2-7,10-13,16-23,30,34H,8-9,14-15,24-26H2,1H3,(H,38,42). The normalized spacial score (nSPS) is 14.0. The number of sulfonamides is 1. The lowest BCUT2D eigenvalue weighted by Gasteiger charge is -2.34. The molecule has 2 amide bonds. The summed E-state index contributed by atoms with van der Waals surface area (Å²) in [6, 6.07) is 30.3. The van der Waals surface area contributed by atoms with Gasteiger partial charge in [0.1, 0.15) is 18.3 Å². The molecule has 1 saturated carbocycles. The van der Waals surface area contributed by atoms with Crippen molar-refractivity contribution in [2.24, 2.45) is 0 Å². The van der Waals surface area contributed by atoms with E-state index in [-0.39, 0.29) is 29.8 Å². The number of hydrogen-bond donors (Lipinski definition) is 1. The average molecular weight is 660 g/mol. The van der Waals surface area contributed by atoms with Crippen LogP contribution in [0.15, 0.2) is 114 Å². The molecule has 1 aliphatic rings. The van der Waals surface area contributed by atoms with Gasteiger partial charge >= 0.3 is 0 Å². The monoisotopic (exact) mass is 659 g/mol. The second kappa shape index (κ2) is 15.3. The molecule has 1 N–H and O–H groups in total. The molecule has 4 aromatic rings. The molecule has 4 aromatic carbocycles. The number of rotatable bonds is 13. The third-order valence-corrected chi connectivity index (χ3v) is 10.2. The van der Waals surface area contributed by atoms with Gasteiger partial charge < -0.3 is 15.0 Å². The molecule has 0 bridgehead atoms. The summed E-state index contributed by atoms with van der Waals surface area (Å²) in [7, 11) is -2.64. The van der Waals surface area contributed by atoms with Crippen molar-refractivity contribution in [3.05, 3.63) is 125 Å². The Kier molecular flexibility index (Phi) is 11.0. The van der Waals surface area contributed by atoms with E-state index in [0.29, 0.717) is 16.5 Å². The Morgan fingerprint density at radius 3 is 2.15 bits per heavy atom. The fourth-order valence-electron chi connectivity index (χ4n) is 5.75. The van der Waals surface area contributed by atoms with Gasteiger partial charge in [-0.2, -0.15) is 0 Å². The second-order valence-corrected chi connectivity index (χ2v) is 13.7. The van der Waals surface area contributed by atoms with E-state index in [9.17, 15) is 18.0 Å². The Labute approximate surface area is 276 Å². The number of carbonyl (C=O) groups is 2. The zero-order chi connectivity index (χ0) is 32.5. The van der Waals surface area contributed by atoms with Gasteiger partial charge in [-0.3, -0.25) is 13.9 Å². The maximum absolute atomic E-state index is 14.6. The maximum Gasteiger partial charge on any atom is 0.264 e. The number of nitrogens with one attached hydrogen (secondary N) is 1. The molecule has 0 spiro atoms. The maximum atomic E-state index is 14.6. The van der Waals surface area contributed by atoms with Gasteiger partial charge in [0.25, 0.3) is 10.0 Å². The molecular weight excluding hydrogens is 622 g/mol. The van der Waals surface area contributed by atoms with Gasteiger partial charge in [-0.1, -0.05) is 85.1 Å². The summed E-state index contributed by atoms with van der Waals surface area (Å²) in [5, 5.41) is 3.58. The van der Waals surface area contributed by atoms with Crippen LogP contribution >= 0.6 is 11.6 Å². The summed E-state index contributed by atoms with van der Waals surface area (Å²) >= 11 is 6.06. The highest BCUT2D eigenvalue weighted by atomic mass is 35.5. The predicted molar refractivity (Wildman–Crippen MR) is 180 cm³/mol. The second-order valence-electron chi connectivity index (χ2n) is 11.4. The quantitative estimate of drug-likeness (QED) is 0.183. The molecule has 46 heavy (non-hydrogen) atoms. The number of carbonyl (C=O) groups excluding carboxylic acids is 2. The van der Waals surface area contributed by atoms with Gasteiger partial charge in [-0.15, -0.1) is 0 Å². The fourth-order valence-corrected chi connectivity index (χ4v) is 7.29. The Balaban J connectivity index is 1.56. The largest absolute Gasteiger partial charge is 0.497 e. The number of amides is 2. The average Bonchev–Trinajstić information content (AvgIpc) is 3.59. The van der Waals surface area contributed by atoms with E-state index >= 15 is 0 Å². The molecule has 0 aliphatic heterocycles. The first kappa shape index (κ1) is 33.0. The lowest BCUT2D eigenvalue weighted by atomic mass is 10.0. The summed E-state index contributed by atoms with van der Waals surface area (Å²) in [4.78, 5) is 30.2. The number of benzene rings is 4. The zero-order valence-corrected chi connectivity index (χ0v) is 27.3. The van der Waals surface area contributed by atoms with Gasteiger partial charge in [0, 0.05) is 24.0 Å². The first-order chi connectivity index (χ1) is 22.2. The van der Waals surface area contributed by atoms with E-state index in [4.69, 9.17) is 16.3 Å². The molecule has 1 aliphatic carbocycles. The molecule has 240 valence electrons. The van der Waals surface area contributed by atoms with Gasteiger partial charge in [0.05, 0.1) is 17.7 Å². The fraction of sp³-hybridized carbons (Fsp3) is 0.278. The van der Waals surface area contributed by atoms with Crippen LogP contribution in [0.1, 0.15) is 36.8 Å². The lowest BCUT2D eigenvalue weighted by Crippen LogP contribution is -2.54. The van der Waals surface area contributed by atoms with Crippen LogP contribution < -0.4 is 14.4 Å². The Hall–Kier alpha value is -4.34. The number of hydrogen-bond acceptors (Lipinski definition) is 5. The first-order valence-electron chi connectivity index (χ1n) is 15.3. The highest BCUT2D eigenvalue weighted by Gasteiger charge is 2.35. The smallest absolute Gasteiger partial charge is 0.264 e. The topological polar surface area (TPSA) is 96.0 Å². The molecule has 8 nitrogen and oxygen atoms in total. The number of ether oxygens (including phenoxy) is 1. The van der Waals surface area contributed by atoms with E-state index in [0.717, 1.165) is 41.1 Å². The van der Waals surface area contributed by atoms with Crippen LogP contribution in [0.4, 0.5) is 5.69 Å². The van der Waals surface area contributed by atoms with E-state index in [2.05, 4.69) is 5.32 Å². The Morgan fingerprint density at radius 1 is 0.870 bits per heavy atom. The van der Waals surface area contributed by atoms with Crippen LogP contribution in [0, 0.1) is 0 Å². The van der Waals surface area contributed by atoms with E-state index in [1.165, 1.54) is 29.2 Å².